The van der Waals surface area contributed by atoms with Crippen LogP contribution >= 0.6 is 15.9 Å². The first-order valence-corrected chi connectivity index (χ1v) is 9.81. The molecule has 0 aliphatic heterocycles. The Balaban J connectivity index is 2.47. The molecular weight excluding hydrogens is 291 g/mol. The lowest BCUT2D eigenvalue weighted by atomic mass is 10.6. The molecule has 1 aromatic heterocycles. The molecule has 6 heteroatoms. The fourth-order valence-corrected chi connectivity index (χ4v) is 2.19. The van der Waals surface area contributed by atoms with Gasteiger partial charge in [-0.2, -0.15) is 9.49 Å². The van der Waals surface area contributed by atoms with Crippen LogP contribution in [0.15, 0.2) is 10.7 Å². The summed E-state index contributed by atoms with van der Waals surface area (Å²) in [6, 6.07) is 1.07. The molecule has 0 amide bonds. The van der Waals surface area contributed by atoms with Gasteiger partial charge < -0.3 is 4.74 Å². The molecule has 0 aromatic carbocycles. The van der Waals surface area contributed by atoms with Crippen molar-refractivity contribution in [3.63, 3.8) is 0 Å². The number of halogens is 2. The number of nitrogens with zero attached hydrogens (tertiary/aromatic N) is 2. The van der Waals surface area contributed by atoms with Crippen LogP contribution in [0.1, 0.15) is 13.2 Å². The van der Waals surface area contributed by atoms with Crippen LogP contribution in [0.5, 0.6) is 0 Å². The molecule has 3 nitrogen and oxygen atoms in total. The van der Waals surface area contributed by atoms with Crippen molar-refractivity contribution in [2.45, 2.75) is 38.8 Å². The number of hydrogen-bond acceptors (Lipinski definition) is 2. The molecule has 0 fully saturated rings. The third kappa shape index (κ3) is 3.99. The predicted octanol–water partition coefficient (Wildman–Crippen LogP) is 3.66. The predicted molar refractivity (Wildman–Crippen MR) is 68.7 cm³/mol. The lowest BCUT2D eigenvalue weighted by Gasteiger charge is -2.18. The van der Waals surface area contributed by atoms with Gasteiger partial charge in [-0.05, 0) is 28.9 Å². The summed E-state index contributed by atoms with van der Waals surface area (Å²) in [5, 5.41) is 3.91. The minimum atomic E-state index is -1.09. The van der Waals surface area contributed by atoms with Gasteiger partial charge in [0, 0.05) is 14.7 Å². The normalized spacial score (nSPS) is 14.1. The zero-order valence-corrected chi connectivity index (χ0v) is 12.7. The van der Waals surface area contributed by atoms with Gasteiger partial charge in [0.1, 0.15) is 6.23 Å². The summed E-state index contributed by atoms with van der Waals surface area (Å²) in [7, 11) is -1.09. The van der Waals surface area contributed by atoms with Gasteiger partial charge in [-0.15, -0.1) is 0 Å². The highest BCUT2D eigenvalue weighted by Crippen LogP contribution is 2.19. The Labute approximate surface area is 105 Å². The first-order chi connectivity index (χ1) is 7.31. The van der Waals surface area contributed by atoms with E-state index in [0.29, 0.717) is 11.1 Å². The molecule has 0 aliphatic carbocycles. The number of ether oxygens (including phenoxy) is 1. The lowest BCUT2D eigenvalue weighted by molar-refractivity contribution is 0.00737. The van der Waals surface area contributed by atoms with Crippen molar-refractivity contribution in [1.29, 1.82) is 0 Å². The molecule has 92 valence electrons. The molecule has 16 heavy (non-hydrogen) atoms. The summed E-state index contributed by atoms with van der Waals surface area (Å²) in [5.41, 5.74) is 0. The smallest absolute Gasteiger partial charge is 0.228 e. The van der Waals surface area contributed by atoms with Crippen molar-refractivity contribution < 1.29 is 9.13 Å². The van der Waals surface area contributed by atoms with Crippen molar-refractivity contribution in [1.82, 2.24) is 9.78 Å². The van der Waals surface area contributed by atoms with E-state index < -0.39 is 8.07 Å². The second-order valence-electron chi connectivity index (χ2n) is 5.01. The Morgan fingerprint density at radius 3 is 2.62 bits per heavy atom. The molecule has 1 aromatic rings. The molecule has 0 radical (unpaired) electrons. The molecule has 1 atom stereocenters. The van der Waals surface area contributed by atoms with E-state index in [4.69, 9.17) is 4.74 Å². The van der Waals surface area contributed by atoms with Gasteiger partial charge >= 0.3 is 0 Å². The van der Waals surface area contributed by atoms with Crippen LogP contribution in [0.4, 0.5) is 4.39 Å². The van der Waals surface area contributed by atoms with E-state index in [1.807, 2.05) is 0 Å². The van der Waals surface area contributed by atoms with E-state index in [0.717, 1.165) is 6.04 Å². The van der Waals surface area contributed by atoms with Crippen LogP contribution in [0.3, 0.4) is 0 Å². The Hall–Kier alpha value is -0.203. The summed E-state index contributed by atoms with van der Waals surface area (Å²) in [6.07, 6.45) is 1.08. The maximum absolute atomic E-state index is 13.5. The van der Waals surface area contributed by atoms with Gasteiger partial charge in [0.25, 0.3) is 0 Å². The number of hydrogen-bond donors (Lipinski definition) is 0. The lowest BCUT2D eigenvalue weighted by Crippen LogP contribution is -2.23. The standard InChI is InChI=1S/C10H18BrFN2OSi/c1-8(15-5-6-16(2,3)4)14-10(12)9(11)7-13-14/h7-8H,5-6H2,1-4H3. The van der Waals surface area contributed by atoms with Crippen LogP contribution in [-0.2, 0) is 4.74 Å². The Morgan fingerprint density at radius 2 is 2.19 bits per heavy atom. The SMILES string of the molecule is CC(OCC[Si](C)(C)C)n1ncc(Br)c1F. The molecule has 0 saturated carbocycles. The van der Waals surface area contributed by atoms with Crippen LogP contribution < -0.4 is 0 Å². The van der Waals surface area contributed by atoms with E-state index in [2.05, 4.69) is 40.7 Å². The Morgan fingerprint density at radius 1 is 1.56 bits per heavy atom. The zero-order valence-electron chi connectivity index (χ0n) is 10.1. The summed E-state index contributed by atoms with van der Waals surface area (Å²) in [4.78, 5) is 0. The highest BCUT2D eigenvalue weighted by Gasteiger charge is 2.16. The molecule has 1 rings (SSSR count). The highest BCUT2D eigenvalue weighted by atomic mass is 79.9. The van der Waals surface area contributed by atoms with Crippen molar-refractivity contribution in [3.05, 3.63) is 16.6 Å². The van der Waals surface area contributed by atoms with Gasteiger partial charge in [-0.1, -0.05) is 19.6 Å². The number of aromatic nitrogens is 2. The summed E-state index contributed by atoms with van der Waals surface area (Å²) < 4.78 is 20.6. The van der Waals surface area contributed by atoms with Gasteiger partial charge in [0.15, 0.2) is 0 Å². The van der Waals surface area contributed by atoms with Crippen molar-refractivity contribution in [2.75, 3.05) is 6.61 Å². The van der Waals surface area contributed by atoms with Crippen LogP contribution in [-0.4, -0.2) is 24.5 Å². The topological polar surface area (TPSA) is 27.1 Å². The molecule has 1 heterocycles. The van der Waals surface area contributed by atoms with E-state index in [9.17, 15) is 4.39 Å². The van der Waals surface area contributed by atoms with Crippen molar-refractivity contribution in [2.24, 2.45) is 0 Å². The molecule has 0 bridgehead atoms. The van der Waals surface area contributed by atoms with Crippen LogP contribution in [0.25, 0.3) is 0 Å². The minimum Gasteiger partial charge on any atom is -0.357 e. The molecule has 1 unspecified atom stereocenters. The average molecular weight is 309 g/mol. The fraction of sp³-hybridized carbons (Fsp3) is 0.700. The van der Waals surface area contributed by atoms with Crippen LogP contribution in [0.2, 0.25) is 25.7 Å². The second kappa shape index (κ2) is 5.42. The van der Waals surface area contributed by atoms with E-state index >= 15 is 0 Å². The first-order valence-electron chi connectivity index (χ1n) is 5.31. The zero-order chi connectivity index (χ0) is 12.3. The van der Waals surface area contributed by atoms with E-state index in [-0.39, 0.29) is 12.2 Å². The Bertz CT molecular complexity index is 351. The van der Waals surface area contributed by atoms with E-state index in [1.54, 1.807) is 6.92 Å². The van der Waals surface area contributed by atoms with Gasteiger partial charge in [0.05, 0.1) is 10.7 Å². The van der Waals surface area contributed by atoms with Gasteiger partial charge in [0.2, 0.25) is 5.95 Å². The molecular formula is C10H18BrFN2OSi. The maximum Gasteiger partial charge on any atom is 0.228 e. The van der Waals surface area contributed by atoms with Gasteiger partial charge in [-0.25, -0.2) is 4.68 Å². The highest BCUT2D eigenvalue weighted by molar-refractivity contribution is 9.10. The minimum absolute atomic E-state index is 0.359. The Kier molecular flexibility index (Phi) is 4.69. The molecule has 0 aliphatic rings. The maximum atomic E-state index is 13.5. The average Bonchev–Trinajstić information content (AvgIpc) is 2.45. The first kappa shape index (κ1) is 13.9. The summed E-state index contributed by atoms with van der Waals surface area (Å²) in [6.45, 7) is 9.31. The fourth-order valence-electron chi connectivity index (χ4n) is 1.19. The molecule has 0 saturated heterocycles. The van der Waals surface area contributed by atoms with Crippen molar-refractivity contribution in [3.8, 4) is 0 Å². The summed E-state index contributed by atoms with van der Waals surface area (Å²) in [5.74, 6) is -0.388. The third-order valence-corrected chi connectivity index (χ3v) is 4.49. The number of rotatable bonds is 5. The molecule has 0 spiro atoms. The van der Waals surface area contributed by atoms with Crippen molar-refractivity contribution >= 4 is 24.0 Å². The summed E-state index contributed by atoms with van der Waals surface area (Å²) >= 11 is 3.08. The largest absolute Gasteiger partial charge is 0.357 e. The monoisotopic (exact) mass is 308 g/mol. The van der Waals surface area contributed by atoms with E-state index in [1.165, 1.54) is 10.9 Å². The second-order valence-corrected chi connectivity index (χ2v) is 11.5. The quantitative estimate of drug-likeness (QED) is 0.776. The third-order valence-electron chi connectivity index (χ3n) is 2.25. The van der Waals surface area contributed by atoms with Gasteiger partial charge in [-0.3, -0.25) is 0 Å². The van der Waals surface area contributed by atoms with Crippen LogP contribution in [0, 0.1) is 5.95 Å². The molecule has 0 N–H and O–H groups in total.